The molecule has 0 spiro atoms. The number of hydrogen-bond donors (Lipinski definition) is 2. The second-order valence-corrected chi connectivity index (χ2v) is 7.17. The van der Waals surface area contributed by atoms with Gasteiger partial charge in [0.1, 0.15) is 5.75 Å². The molecule has 0 unspecified atom stereocenters. The number of aromatic nitrogens is 1. The zero-order valence-electron chi connectivity index (χ0n) is 12.7. The van der Waals surface area contributed by atoms with Gasteiger partial charge < -0.3 is 9.15 Å². The maximum absolute atomic E-state index is 12.7. The van der Waals surface area contributed by atoms with Crippen molar-refractivity contribution in [1.82, 2.24) is 4.98 Å². The summed E-state index contributed by atoms with van der Waals surface area (Å²) in [5.74, 6) is -0.321. The molecule has 0 atom stereocenters. The highest BCUT2D eigenvalue weighted by molar-refractivity contribution is 7.92. The number of hydrogen-bond acceptors (Lipinski definition) is 5. The Morgan fingerprint density at radius 1 is 1.25 bits per heavy atom. The number of nitrogens with one attached hydrogen (secondary N) is 2. The summed E-state index contributed by atoms with van der Waals surface area (Å²) in [6.07, 6.45) is 0. The maximum Gasteiger partial charge on any atom is 0.417 e. The molecular formula is C15H13ClN2O5S. The fourth-order valence-corrected chi connectivity index (χ4v) is 3.81. The topological polar surface area (TPSA) is 101 Å². The lowest BCUT2D eigenvalue weighted by Gasteiger charge is -2.13. The number of methoxy groups -OCH3 is 1. The van der Waals surface area contributed by atoms with E-state index in [0.717, 1.165) is 0 Å². The third kappa shape index (κ3) is 2.98. The van der Waals surface area contributed by atoms with Gasteiger partial charge in [0, 0.05) is 11.1 Å². The second-order valence-electron chi connectivity index (χ2n) is 5.08. The smallest absolute Gasteiger partial charge is 0.417 e. The fourth-order valence-electron chi connectivity index (χ4n) is 2.34. The van der Waals surface area contributed by atoms with Crippen molar-refractivity contribution in [1.29, 1.82) is 0 Å². The lowest BCUT2D eigenvalue weighted by molar-refractivity contribution is 0.417. The first-order valence-corrected chi connectivity index (χ1v) is 8.66. The summed E-state index contributed by atoms with van der Waals surface area (Å²) in [6.45, 7) is 1.62. The number of oxazole rings is 1. The van der Waals surface area contributed by atoms with E-state index in [0.29, 0.717) is 21.9 Å². The first-order valence-electron chi connectivity index (χ1n) is 6.80. The molecule has 3 aromatic rings. The number of aromatic amines is 1. The minimum absolute atomic E-state index is 0.0141. The van der Waals surface area contributed by atoms with Crippen LogP contribution in [0.5, 0.6) is 5.75 Å². The van der Waals surface area contributed by atoms with E-state index in [-0.39, 0.29) is 16.2 Å². The number of ether oxygens (including phenoxy) is 1. The summed E-state index contributed by atoms with van der Waals surface area (Å²) in [5.41, 5.74) is 1.24. The molecular weight excluding hydrogens is 356 g/mol. The predicted octanol–water partition coefficient (Wildman–Crippen LogP) is 2.89. The molecule has 1 aromatic heterocycles. The van der Waals surface area contributed by atoms with Gasteiger partial charge in [0.25, 0.3) is 10.0 Å². The SMILES string of the molecule is COc1ccc(Cl)cc1NS(=O)(=O)c1cc2oc(=O)[nH]c2cc1C. The second kappa shape index (κ2) is 5.88. The summed E-state index contributed by atoms with van der Waals surface area (Å²) in [4.78, 5) is 13.7. The van der Waals surface area contributed by atoms with Gasteiger partial charge in [0.2, 0.25) is 0 Å². The van der Waals surface area contributed by atoms with Crippen molar-refractivity contribution >= 4 is 38.4 Å². The summed E-state index contributed by atoms with van der Waals surface area (Å²) >= 11 is 5.92. The quantitative estimate of drug-likeness (QED) is 0.737. The number of aryl methyl sites for hydroxylation is 1. The van der Waals surface area contributed by atoms with Crippen LogP contribution < -0.4 is 15.2 Å². The molecule has 24 heavy (non-hydrogen) atoms. The minimum atomic E-state index is -3.94. The van der Waals surface area contributed by atoms with E-state index in [4.69, 9.17) is 20.8 Å². The van der Waals surface area contributed by atoms with Crippen LogP contribution in [0.3, 0.4) is 0 Å². The molecule has 0 amide bonds. The van der Waals surface area contributed by atoms with Crippen molar-refractivity contribution in [3.63, 3.8) is 0 Å². The zero-order chi connectivity index (χ0) is 17.5. The molecule has 7 nitrogen and oxygen atoms in total. The van der Waals surface area contributed by atoms with Crippen molar-refractivity contribution in [3.8, 4) is 5.75 Å². The first-order chi connectivity index (χ1) is 11.3. The molecule has 2 N–H and O–H groups in total. The lowest BCUT2D eigenvalue weighted by Crippen LogP contribution is -2.15. The monoisotopic (exact) mass is 368 g/mol. The molecule has 126 valence electrons. The molecule has 3 rings (SSSR count). The Bertz CT molecular complexity index is 1080. The number of H-pyrrole nitrogens is 1. The third-order valence-corrected chi connectivity index (χ3v) is 5.15. The van der Waals surface area contributed by atoms with E-state index < -0.39 is 15.8 Å². The van der Waals surface area contributed by atoms with Crippen LogP contribution in [-0.2, 0) is 10.0 Å². The molecule has 0 aliphatic rings. The van der Waals surface area contributed by atoms with Crippen LogP contribution in [0, 0.1) is 6.92 Å². The van der Waals surface area contributed by atoms with E-state index in [2.05, 4.69) is 9.71 Å². The van der Waals surface area contributed by atoms with E-state index in [1.165, 1.54) is 25.3 Å². The van der Waals surface area contributed by atoms with Crippen molar-refractivity contribution in [2.24, 2.45) is 0 Å². The third-order valence-electron chi connectivity index (χ3n) is 3.41. The fraction of sp³-hybridized carbons (Fsp3) is 0.133. The molecule has 2 aromatic carbocycles. The molecule has 0 saturated carbocycles. The van der Waals surface area contributed by atoms with E-state index in [1.807, 2.05) is 0 Å². The van der Waals surface area contributed by atoms with Crippen molar-refractivity contribution in [2.75, 3.05) is 11.8 Å². The zero-order valence-corrected chi connectivity index (χ0v) is 14.3. The summed E-state index contributed by atoms with van der Waals surface area (Å²) in [7, 11) is -2.52. The number of benzene rings is 2. The Morgan fingerprint density at radius 2 is 2.00 bits per heavy atom. The van der Waals surface area contributed by atoms with Crippen molar-refractivity contribution < 1.29 is 17.6 Å². The van der Waals surface area contributed by atoms with Gasteiger partial charge in [-0.1, -0.05) is 11.6 Å². The van der Waals surface area contributed by atoms with Gasteiger partial charge in [-0.05, 0) is 36.8 Å². The average molecular weight is 369 g/mol. The van der Waals surface area contributed by atoms with Gasteiger partial charge in [-0.25, -0.2) is 13.2 Å². The predicted molar refractivity (Wildman–Crippen MR) is 90.4 cm³/mol. The Labute approximate surface area is 142 Å². The van der Waals surface area contributed by atoms with Crippen LogP contribution in [0.25, 0.3) is 11.1 Å². The molecule has 0 fully saturated rings. The Balaban J connectivity index is 2.10. The largest absolute Gasteiger partial charge is 0.495 e. The molecule has 0 saturated heterocycles. The standard InChI is InChI=1S/C15H13ClN2O5S/c1-8-5-10-13(23-15(19)17-10)7-14(8)24(20,21)18-11-6-9(16)3-4-12(11)22-2/h3-7,18H,1-2H3,(H,17,19). The van der Waals surface area contributed by atoms with Gasteiger partial charge in [0.05, 0.1) is 23.2 Å². The number of sulfonamides is 1. The van der Waals surface area contributed by atoms with Gasteiger partial charge >= 0.3 is 5.76 Å². The summed E-state index contributed by atoms with van der Waals surface area (Å²) in [6, 6.07) is 7.42. The first kappa shape index (κ1) is 16.4. The highest BCUT2D eigenvalue weighted by Gasteiger charge is 2.21. The average Bonchev–Trinajstić information content (AvgIpc) is 2.85. The molecule has 9 heteroatoms. The maximum atomic E-state index is 12.7. The highest BCUT2D eigenvalue weighted by Crippen LogP contribution is 2.31. The van der Waals surface area contributed by atoms with Crippen LogP contribution in [0.15, 0.2) is 44.4 Å². The van der Waals surface area contributed by atoms with E-state index >= 15 is 0 Å². The van der Waals surface area contributed by atoms with Crippen LogP contribution in [0.1, 0.15) is 5.56 Å². The normalized spacial score (nSPS) is 11.6. The van der Waals surface area contributed by atoms with E-state index in [1.54, 1.807) is 19.1 Å². The van der Waals surface area contributed by atoms with E-state index in [9.17, 15) is 13.2 Å². The number of anilines is 1. The Morgan fingerprint density at radius 3 is 2.71 bits per heavy atom. The Kier molecular flexibility index (Phi) is 4.02. The van der Waals surface area contributed by atoms with Gasteiger partial charge in [-0.2, -0.15) is 0 Å². The van der Waals surface area contributed by atoms with Crippen LogP contribution in [0.4, 0.5) is 5.69 Å². The summed E-state index contributed by atoms with van der Waals surface area (Å²) in [5, 5.41) is 0.359. The van der Waals surface area contributed by atoms with Crippen LogP contribution >= 0.6 is 11.6 Å². The molecule has 1 heterocycles. The van der Waals surface area contributed by atoms with Crippen LogP contribution in [-0.4, -0.2) is 20.5 Å². The highest BCUT2D eigenvalue weighted by atomic mass is 35.5. The van der Waals surface area contributed by atoms with Gasteiger partial charge in [0.15, 0.2) is 5.58 Å². The molecule has 0 bridgehead atoms. The number of rotatable bonds is 4. The number of fused-ring (bicyclic) bond motifs is 1. The van der Waals surface area contributed by atoms with Gasteiger partial charge in [-0.3, -0.25) is 9.71 Å². The molecule has 0 aliphatic carbocycles. The van der Waals surface area contributed by atoms with Crippen molar-refractivity contribution in [2.45, 2.75) is 11.8 Å². The van der Waals surface area contributed by atoms with Crippen LogP contribution in [0.2, 0.25) is 5.02 Å². The van der Waals surface area contributed by atoms with Crippen molar-refractivity contribution in [3.05, 3.63) is 51.5 Å². The minimum Gasteiger partial charge on any atom is -0.495 e. The lowest BCUT2D eigenvalue weighted by atomic mass is 10.2. The van der Waals surface area contributed by atoms with Gasteiger partial charge in [-0.15, -0.1) is 0 Å². The number of halogens is 1. The Hall–Kier alpha value is -2.45. The molecule has 0 aliphatic heterocycles. The molecule has 0 radical (unpaired) electrons. The summed E-state index contributed by atoms with van der Waals surface area (Å²) < 4.78 is 37.9.